The lowest BCUT2D eigenvalue weighted by Crippen LogP contribution is -2.65. The van der Waals surface area contributed by atoms with Gasteiger partial charge in [-0.05, 0) is 84.0 Å². The van der Waals surface area contributed by atoms with Crippen LogP contribution in [0, 0.1) is 0 Å². The Morgan fingerprint density at radius 3 is 1.67 bits per heavy atom. The highest BCUT2D eigenvalue weighted by Gasteiger charge is 2.40. The van der Waals surface area contributed by atoms with Gasteiger partial charge in [0, 0.05) is 29.1 Å². The van der Waals surface area contributed by atoms with Gasteiger partial charge in [-0.2, -0.15) is 0 Å². The number of aromatic nitrogens is 2. The number of hydrogen-bond acceptors (Lipinski definition) is 5. The highest BCUT2D eigenvalue weighted by molar-refractivity contribution is 6.03. The van der Waals surface area contributed by atoms with Gasteiger partial charge in [0.15, 0.2) is 5.84 Å². The van der Waals surface area contributed by atoms with Crippen LogP contribution < -0.4 is 5.43 Å². The molecule has 0 saturated carbocycles. The van der Waals surface area contributed by atoms with Crippen molar-refractivity contribution < 1.29 is 4.79 Å². The SMILES string of the molecule is CC(C)(C)N1N=C(c2cc(-c3ccccn3)cc(-c3ccccn3)c2)NN(C(C)(C)C)C1=O. The molecule has 7 nitrogen and oxygen atoms in total. The van der Waals surface area contributed by atoms with Crippen LogP contribution >= 0.6 is 0 Å². The Labute approximate surface area is 195 Å². The standard InChI is InChI=1S/C26H30N6O/c1-25(2,3)31-24(33)32(26(4,5)6)30-23(29-31)20-16-18(21-11-7-9-13-27-21)15-19(17-20)22-12-8-10-14-28-22/h7-17H,1-6H3,(H,29,30). The summed E-state index contributed by atoms with van der Waals surface area (Å²) in [5.41, 5.74) is 6.76. The zero-order chi connectivity index (χ0) is 23.8. The van der Waals surface area contributed by atoms with Gasteiger partial charge >= 0.3 is 6.03 Å². The van der Waals surface area contributed by atoms with E-state index in [9.17, 15) is 4.79 Å². The van der Waals surface area contributed by atoms with Crippen LogP contribution in [0.2, 0.25) is 0 Å². The molecule has 0 radical (unpaired) electrons. The van der Waals surface area contributed by atoms with E-state index in [-0.39, 0.29) is 6.03 Å². The van der Waals surface area contributed by atoms with Gasteiger partial charge in [-0.3, -0.25) is 15.4 Å². The van der Waals surface area contributed by atoms with Crippen LogP contribution in [0.1, 0.15) is 47.1 Å². The second-order valence-corrected chi connectivity index (χ2v) is 10.1. The zero-order valence-electron chi connectivity index (χ0n) is 20.0. The van der Waals surface area contributed by atoms with Crippen LogP contribution in [0.3, 0.4) is 0 Å². The van der Waals surface area contributed by atoms with Gasteiger partial charge in [0.2, 0.25) is 0 Å². The number of hydrazine groups is 1. The molecule has 3 heterocycles. The van der Waals surface area contributed by atoms with E-state index in [1.54, 1.807) is 17.4 Å². The summed E-state index contributed by atoms with van der Waals surface area (Å²) in [4.78, 5) is 22.3. The predicted molar refractivity (Wildman–Crippen MR) is 131 cm³/mol. The summed E-state index contributed by atoms with van der Waals surface area (Å²) in [6.07, 6.45) is 3.56. The number of nitrogens with one attached hydrogen (secondary N) is 1. The lowest BCUT2D eigenvalue weighted by molar-refractivity contribution is 0.0535. The van der Waals surface area contributed by atoms with Crippen molar-refractivity contribution in [2.45, 2.75) is 52.6 Å². The van der Waals surface area contributed by atoms with Gasteiger partial charge in [-0.1, -0.05) is 12.1 Å². The quantitative estimate of drug-likeness (QED) is 0.596. The number of hydrogen-bond donors (Lipinski definition) is 1. The minimum Gasteiger partial charge on any atom is -0.275 e. The Morgan fingerprint density at radius 2 is 1.24 bits per heavy atom. The minimum absolute atomic E-state index is 0.190. The number of carbonyl (C=O) groups excluding carboxylic acids is 1. The van der Waals surface area contributed by atoms with Crippen molar-refractivity contribution in [1.82, 2.24) is 25.4 Å². The molecule has 1 N–H and O–H groups in total. The molecule has 2 aromatic heterocycles. The van der Waals surface area contributed by atoms with E-state index in [0.717, 1.165) is 28.1 Å². The van der Waals surface area contributed by atoms with Crippen molar-refractivity contribution in [1.29, 1.82) is 0 Å². The van der Waals surface area contributed by atoms with Crippen molar-refractivity contribution in [3.63, 3.8) is 0 Å². The predicted octanol–water partition coefficient (Wildman–Crippen LogP) is 5.31. The molecule has 0 fully saturated rings. The average molecular weight is 443 g/mol. The maximum atomic E-state index is 13.2. The molecule has 1 aliphatic rings. The number of amides is 2. The average Bonchev–Trinajstić information content (AvgIpc) is 2.78. The number of hydrazone groups is 1. The van der Waals surface area contributed by atoms with Gasteiger partial charge in [-0.25, -0.2) is 14.8 Å². The molecular formula is C26H30N6O. The first kappa shape index (κ1) is 22.5. The number of nitrogens with zero attached hydrogens (tertiary/aromatic N) is 5. The number of pyridine rings is 2. The highest BCUT2D eigenvalue weighted by atomic mass is 16.2. The molecule has 0 unspecified atom stereocenters. The number of carbonyl (C=O) groups is 1. The van der Waals surface area contributed by atoms with E-state index < -0.39 is 11.1 Å². The van der Waals surface area contributed by atoms with Crippen molar-refractivity contribution in [2.24, 2.45) is 5.10 Å². The molecule has 0 saturated heterocycles. The van der Waals surface area contributed by atoms with Crippen LogP contribution in [0.25, 0.3) is 22.5 Å². The smallest absolute Gasteiger partial charge is 0.275 e. The Kier molecular flexibility index (Phi) is 5.66. The molecule has 1 aromatic carbocycles. The molecule has 33 heavy (non-hydrogen) atoms. The Balaban J connectivity index is 1.90. The van der Waals surface area contributed by atoms with Crippen LogP contribution in [0.5, 0.6) is 0 Å². The molecule has 0 bridgehead atoms. The van der Waals surface area contributed by atoms with Crippen molar-refractivity contribution in [2.75, 3.05) is 0 Å². The van der Waals surface area contributed by atoms with E-state index in [4.69, 9.17) is 5.10 Å². The first-order chi connectivity index (χ1) is 15.5. The largest absolute Gasteiger partial charge is 0.360 e. The topological polar surface area (TPSA) is 73.7 Å². The third kappa shape index (κ3) is 4.72. The fourth-order valence-electron chi connectivity index (χ4n) is 3.55. The third-order valence-corrected chi connectivity index (χ3v) is 5.22. The Hall–Kier alpha value is -3.74. The third-order valence-electron chi connectivity index (χ3n) is 5.22. The van der Waals surface area contributed by atoms with Crippen LogP contribution in [-0.4, -0.2) is 42.9 Å². The Morgan fingerprint density at radius 1 is 0.727 bits per heavy atom. The lowest BCUT2D eigenvalue weighted by Gasteiger charge is -2.45. The summed E-state index contributed by atoms with van der Waals surface area (Å²) in [6.45, 7) is 11.9. The second kappa shape index (κ2) is 8.31. The first-order valence-corrected chi connectivity index (χ1v) is 11.0. The number of benzene rings is 1. The molecule has 0 atom stereocenters. The molecule has 4 rings (SSSR count). The Bertz CT molecular complexity index is 1120. The molecule has 170 valence electrons. The van der Waals surface area contributed by atoms with Gasteiger partial charge in [0.1, 0.15) is 0 Å². The first-order valence-electron chi connectivity index (χ1n) is 11.0. The number of urea groups is 1. The molecular weight excluding hydrogens is 412 g/mol. The van der Waals surface area contributed by atoms with Crippen molar-refractivity contribution in [3.05, 3.63) is 72.6 Å². The van der Waals surface area contributed by atoms with Gasteiger partial charge in [0.05, 0.1) is 22.5 Å². The molecule has 0 spiro atoms. The summed E-state index contributed by atoms with van der Waals surface area (Å²) < 4.78 is 0. The van der Waals surface area contributed by atoms with Gasteiger partial charge < -0.3 is 0 Å². The molecule has 1 aliphatic heterocycles. The van der Waals surface area contributed by atoms with E-state index in [1.807, 2.05) is 90.1 Å². The normalized spacial score (nSPS) is 14.7. The molecule has 2 amide bonds. The highest BCUT2D eigenvalue weighted by Crippen LogP contribution is 2.29. The van der Waals surface area contributed by atoms with Crippen LogP contribution in [0.15, 0.2) is 72.1 Å². The minimum atomic E-state index is -0.490. The molecule has 3 aromatic rings. The number of amidine groups is 1. The monoisotopic (exact) mass is 442 g/mol. The maximum absolute atomic E-state index is 13.2. The van der Waals surface area contributed by atoms with E-state index in [2.05, 4.69) is 21.5 Å². The fraction of sp³-hybridized carbons (Fsp3) is 0.308. The zero-order valence-corrected chi connectivity index (χ0v) is 20.0. The van der Waals surface area contributed by atoms with E-state index in [0.29, 0.717) is 5.84 Å². The summed E-state index contributed by atoms with van der Waals surface area (Å²) in [6, 6.07) is 17.6. The van der Waals surface area contributed by atoms with Crippen molar-refractivity contribution >= 4 is 11.9 Å². The summed E-state index contributed by atoms with van der Waals surface area (Å²) >= 11 is 0. The maximum Gasteiger partial charge on any atom is 0.360 e. The van der Waals surface area contributed by atoms with E-state index in [1.165, 1.54) is 5.01 Å². The second-order valence-electron chi connectivity index (χ2n) is 10.1. The number of rotatable bonds is 3. The molecule has 0 aliphatic carbocycles. The summed E-state index contributed by atoms with van der Waals surface area (Å²) in [5, 5.41) is 7.92. The van der Waals surface area contributed by atoms with Crippen molar-refractivity contribution in [3.8, 4) is 22.5 Å². The summed E-state index contributed by atoms with van der Waals surface area (Å²) in [7, 11) is 0. The lowest BCUT2D eigenvalue weighted by atomic mass is 10.00. The van der Waals surface area contributed by atoms with Crippen LogP contribution in [0.4, 0.5) is 4.79 Å². The van der Waals surface area contributed by atoms with Gasteiger partial charge in [-0.15, -0.1) is 5.10 Å². The fourth-order valence-corrected chi connectivity index (χ4v) is 3.55. The van der Waals surface area contributed by atoms with Crippen LogP contribution in [-0.2, 0) is 0 Å². The van der Waals surface area contributed by atoms with E-state index >= 15 is 0 Å². The summed E-state index contributed by atoms with van der Waals surface area (Å²) in [5.74, 6) is 0.592. The molecule has 7 heteroatoms. The van der Waals surface area contributed by atoms with Gasteiger partial charge in [0.25, 0.3) is 0 Å².